The molecule has 7 heteroatoms. The fraction of sp³-hybridized carbons (Fsp3) is 0.650. The third-order valence-electron chi connectivity index (χ3n) is 5.46. The Morgan fingerprint density at radius 3 is 2.41 bits per heavy atom. The van der Waals surface area contributed by atoms with Crippen LogP contribution in [0.25, 0.3) is 0 Å². The van der Waals surface area contributed by atoms with E-state index in [1.54, 1.807) is 12.1 Å². The number of nitrogens with zero attached hydrogens (tertiary/aromatic N) is 2. The van der Waals surface area contributed by atoms with Gasteiger partial charge in [-0.25, -0.2) is 8.42 Å². The van der Waals surface area contributed by atoms with E-state index in [4.69, 9.17) is 5.73 Å². The summed E-state index contributed by atoms with van der Waals surface area (Å²) in [4.78, 5) is 14.8. The molecule has 1 aromatic rings. The van der Waals surface area contributed by atoms with Crippen LogP contribution in [0.15, 0.2) is 29.2 Å². The van der Waals surface area contributed by atoms with E-state index in [0.29, 0.717) is 43.3 Å². The number of piperidine rings is 1. The van der Waals surface area contributed by atoms with Crippen molar-refractivity contribution in [1.82, 2.24) is 9.21 Å². The SMILES string of the molecule is CCN(CC)S(=O)(=O)c1ccc(CCC(=O)N2CCC(C)CC2CN)cc1. The van der Waals surface area contributed by atoms with Gasteiger partial charge in [0.1, 0.15) is 0 Å². The molecule has 152 valence electrons. The van der Waals surface area contributed by atoms with Gasteiger partial charge >= 0.3 is 0 Å². The normalized spacial score (nSPS) is 20.9. The number of benzene rings is 1. The van der Waals surface area contributed by atoms with Crippen molar-refractivity contribution in [3.05, 3.63) is 29.8 Å². The first kappa shape index (κ1) is 21.9. The largest absolute Gasteiger partial charge is 0.338 e. The minimum atomic E-state index is -3.44. The number of likely N-dealkylation sites (tertiary alicyclic amines) is 1. The van der Waals surface area contributed by atoms with Gasteiger partial charge in [0.15, 0.2) is 0 Å². The number of aryl methyl sites for hydroxylation is 1. The van der Waals surface area contributed by atoms with Gasteiger partial charge in [0.2, 0.25) is 15.9 Å². The lowest BCUT2D eigenvalue weighted by atomic mass is 9.92. The van der Waals surface area contributed by atoms with Gasteiger partial charge in [0.05, 0.1) is 4.90 Å². The number of nitrogens with two attached hydrogens (primary N) is 1. The number of amides is 1. The van der Waals surface area contributed by atoms with Crippen molar-refractivity contribution < 1.29 is 13.2 Å². The van der Waals surface area contributed by atoms with Crippen LogP contribution in [-0.2, 0) is 21.2 Å². The highest BCUT2D eigenvalue weighted by atomic mass is 32.2. The summed E-state index contributed by atoms with van der Waals surface area (Å²) in [6.45, 7) is 8.06. The van der Waals surface area contributed by atoms with Crippen molar-refractivity contribution in [2.45, 2.75) is 57.4 Å². The first-order chi connectivity index (χ1) is 12.8. The van der Waals surface area contributed by atoms with Crippen LogP contribution in [0.2, 0.25) is 0 Å². The van der Waals surface area contributed by atoms with E-state index in [1.165, 1.54) is 4.31 Å². The zero-order valence-corrected chi connectivity index (χ0v) is 17.5. The van der Waals surface area contributed by atoms with Gasteiger partial charge in [-0.15, -0.1) is 0 Å². The molecule has 0 radical (unpaired) electrons. The van der Waals surface area contributed by atoms with Crippen molar-refractivity contribution in [3.8, 4) is 0 Å². The molecule has 1 aliphatic heterocycles. The summed E-state index contributed by atoms with van der Waals surface area (Å²) in [6.07, 6.45) is 3.03. The smallest absolute Gasteiger partial charge is 0.243 e. The summed E-state index contributed by atoms with van der Waals surface area (Å²) in [5.74, 6) is 0.750. The maximum absolute atomic E-state index is 12.6. The molecule has 2 atom stereocenters. The quantitative estimate of drug-likeness (QED) is 0.732. The Morgan fingerprint density at radius 2 is 1.85 bits per heavy atom. The van der Waals surface area contributed by atoms with Gasteiger partial charge in [-0.2, -0.15) is 4.31 Å². The van der Waals surface area contributed by atoms with Gasteiger partial charge in [-0.3, -0.25) is 4.79 Å². The fourth-order valence-electron chi connectivity index (χ4n) is 3.74. The molecule has 1 fully saturated rings. The third-order valence-corrected chi connectivity index (χ3v) is 7.53. The number of hydrogen-bond acceptors (Lipinski definition) is 4. The number of carbonyl (C=O) groups is 1. The average Bonchev–Trinajstić information content (AvgIpc) is 2.67. The number of rotatable bonds is 8. The Morgan fingerprint density at radius 1 is 1.22 bits per heavy atom. The van der Waals surface area contributed by atoms with E-state index in [0.717, 1.165) is 24.9 Å². The molecule has 2 N–H and O–H groups in total. The molecule has 1 aromatic carbocycles. The van der Waals surface area contributed by atoms with E-state index < -0.39 is 10.0 Å². The molecule has 0 spiro atoms. The molecule has 0 aliphatic carbocycles. The molecule has 1 aliphatic rings. The van der Waals surface area contributed by atoms with Crippen LogP contribution >= 0.6 is 0 Å². The zero-order valence-electron chi connectivity index (χ0n) is 16.7. The lowest BCUT2D eigenvalue weighted by Gasteiger charge is -2.38. The molecule has 1 saturated heterocycles. The van der Waals surface area contributed by atoms with Crippen LogP contribution in [0, 0.1) is 5.92 Å². The number of sulfonamides is 1. The van der Waals surface area contributed by atoms with Gasteiger partial charge in [0.25, 0.3) is 0 Å². The van der Waals surface area contributed by atoms with Gasteiger partial charge in [0, 0.05) is 38.6 Å². The van der Waals surface area contributed by atoms with Crippen LogP contribution < -0.4 is 5.73 Å². The summed E-state index contributed by atoms with van der Waals surface area (Å²) in [5, 5.41) is 0. The van der Waals surface area contributed by atoms with E-state index in [9.17, 15) is 13.2 Å². The second-order valence-corrected chi connectivity index (χ2v) is 9.28. The van der Waals surface area contributed by atoms with Crippen LogP contribution in [-0.4, -0.2) is 55.8 Å². The molecule has 1 amide bonds. The van der Waals surface area contributed by atoms with Crippen LogP contribution in [0.3, 0.4) is 0 Å². The molecular formula is C20H33N3O3S. The minimum absolute atomic E-state index is 0.136. The highest BCUT2D eigenvalue weighted by Gasteiger charge is 2.28. The molecule has 2 rings (SSSR count). The highest BCUT2D eigenvalue weighted by Crippen LogP contribution is 2.23. The van der Waals surface area contributed by atoms with Crippen LogP contribution in [0.5, 0.6) is 0 Å². The van der Waals surface area contributed by atoms with Crippen molar-refractivity contribution in [2.24, 2.45) is 11.7 Å². The van der Waals surface area contributed by atoms with E-state index in [1.807, 2.05) is 30.9 Å². The molecule has 6 nitrogen and oxygen atoms in total. The van der Waals surface area contributed by atoms with Gasteiger partial charge in [-0.1, -0.05) is 32.9 Å². The summed E-state index contributed by atoms with van der Waals surface area (Å²) in [7, 11) is -3.44. The second-order valence-electron chi connectivity index (χ2n) is 7.34. The van der Waals surface area contributed by atoms with Crippen LogP contribution in [0.4, 0.5) is 0 Å². The minimum Gasteiger partial charge on any atom is -0.338 e. The lowest BCUT2D eigenvalue weighted by Crippen LogP contribution is -2.49. The zero-order chi connectivity index (χ0) is 20.0. The summed E-state index contributed by atoms with van der Waals surface area (Å²) in [6, 6.07) is 7.03. The fourth-order valence-corrected chi connectivity index (χ4v) is 5.20. The molecular weight excluding hydrogens is 362 g/mol. The van der Waals surface area contributed by atoms with Crippen molar-refractivity contribution in [1.29, 1.82) is 0 Å². The Balaban J connectivity index is 1.98. The molecule has 0 bridgehead atoms. The third kappa shape index (κ3) is 5.30. The Hall–Kier alpha value is -1.44. The molecule has 0 saturated carbocycles. The summed E-state index contributed by atoms with van der Waals surface area (Å²) < 4.78 is 26.5. The molecule has 27 heavy (non-hydrogen) atoms. The standard InChI is InChI=1S/C20H33N3O3S/c1-4-22(5-2)27(25,26)19-9-6-17(7-10-19)8-11-20(24)23-13-12-16(3)14-18(23)15-21/h6-7,9-10,16,18H,4-5,8,11-15,21H2,1-3H3. The topological polar surface area (TPSA) is 83.7 Å². The predicted molar refractivity (Wildman–Crippen MR) is 108 cm³/mol. The number of hydrogen-bond donors (Lipinski definition) is 1. The van der Waals surface area contributed by atoms with E-state index in [-0.39, 0.29) is 11.9 Å². The Labute approximate surface area is 163 Å². The first-order valence-corrected chi connectivity index (χ1v) is 11.4. The van der Waals surface area contributed by atoms with E-state index >= 15 is 0 Å². The maximum atomic E-state index is 12.6. The first-order valence-electron chi connectivity index (χ1n) is 9.92. The van der Waals surface area contributed by atoms with Crippen LogP contribution in [0.1, 0.15) is 45.6 Å². The van der Waals surface area contributed by atoms with Crippen molar-refractivity contribution >= 4 is 15.9 Å². The van der Waals surface area contributed by atoms with Gasteiger partial charge < -0.3 is 10.6 Å². The predicted octanol–water partition coefficient (Wildman–Crippen LogP) is 2.24. The van der Waals surface area contributed by atoms with Gasteiger partial charge in [-0.05, 0) is 42.9 Å². The summed E-state index contributed by atoms with van der Waals surface area (Å²) in [5.41, 5.74) is 6.82. The second kappa shape index (κ2) is 9.66. The van der Waals surface area contributed by atoms with Crippen molar-refractivity contribution in [2.75, 3.05) is 26.2 Å². The molecule has 2 unspecified atom stereocenters. The lowest BCUT2D eigenvalue weighted by molar-refractivity contribution is -0.135. The monoisotopic (exact) mass is 395 g/mol. The Kier molecular flexibility index (Phi) is 7.82. The maximum Gasteiger partial charge on any atom is 0.243 e. The number of carbonyl (C=O) groups excluding carboxylic acids is 1. The van der Waals surface area contributed by atoms with Crippen molar-refractivity contribution in [3.63, 3.8) is 0 Å². The highest BCUT2D eigenvalue weighted by molar-refractivity contribution is 7.89. The molecule has 1 heterocycles. The Bertz CT molecular complexity index is 714. The summed E-state index contributed by atoms with van der Waals surface area (Å²) >= 11 is 0. The van der Waals surface area contributed by atoms with E-state index in [2.05, 4.69) is 6.92 Å². The molecule has 0 aromatic heterocycles. The average molecular weight is 396 g/mol.